The molecule has 2 aliphatic heterocycles. The Bertz CT molecular complexity index is 888. The first-order valence-corrected chi connectivity index (χ1v) is 8.11. The summed E-state index contributed by atoms with van der Waals surface area (Å²) >= 11 is 0. The number of aromatic hydroxyl groups is 1. The first-order chi connectivity index (χ1) is 11.8. The van der Waals surface area contributed by atoms with Gasteiger partial charge in [-0.3, -0.25) is 4.79 Å². The smallest absolute Gasteiger partial charge is 0.231 e. The monoisotopic (exact) mass is 338 g/mol. The molecule has 25 heavy (non-hydrogen) atoms. The van der Waals surface area contributed by atoms with Crippen LogP contribution >= 0.6 is 0 Å². The summed E-state index contributed by atoms with van der Waals surface area (Å²) in [6.07, 6.45) is 1.76. The lowest BCUT2D eigenvalue weighted by molar-refractivity contribution is -0.0229. The zero-order valence-electron chi connectivity index (χ0n) is 13.9. The Labute approximate surface area is 145 Å². The van der Waals surface area contributed by atoms with Crippen LogP contribution in [-0.2, 0) is 6.42 Å². The second-order valence-corrected chi connectivity index (χ2v) is 6.91. The van der Waals surface area contributed by atoms with Crippen LogP contribution in [0.25, 0.3) is 6.08 Å². The van der Waals surface area contributed by atoms with Crippen molar-refractivity contribution in [2.24, 2.45) is 0 Å². The number of allylic oxidation sites excluding steroid dienone is 1. The molecule has 2 N–H and O–H groups in total. The van der Waals surface area contributed by atoms with E-state index in [-0.39, 0.29) is 23.4 Å². The first kappa shape index (κ1) is 15.7. The number of rotatable bonds is 2. The van der Waals surface area contributed by atoms with E-state index in [1.807, 2.05) is 0 Å². The minimum absolute atomic E-state index is 0.164. The minimum atomic E-state index is -0.987. The molecule has 0 aliphatic carbocycles. The van der Waals surface area contributed by atoms with Crippen LogP contribution < -0.4 is 9.47 Å². The van der Waals surface area contributed by atoms with Gasteiger partial charge in [0.05, 0.1) is 11.2 Å². The predicted molar refractivity (Wildman–Crippen MR) is 91.9 cm³/mol. The number of ether oxygens (including phenoxy) is 2. The highest BCUT2D eigenvalue weighted by Gasteiger charge is 2.40. The molecule has 0 aromatic heterocycles. The highest BCUT2D eigenvalue weighted by atomic mass is 16.5. The normalized spacial score (nSPS) is 20.2. The molecule has 0 radical (unpaired) electrons. The second kappa shape index (κ2) is 5.36. The molecule has 0 saturated carbocycles. The fourth-order valence-corrected chi connectivity index (χ4v) is 3.09. The van der Waals surface area contributed by atoms with Crippen molar-refractivity contribution in [1.29, 1.82) is 0 Å². The number of hydrogen-bond donors (Lipinski definition) is 2. The lowest BCUT2D eigenvalue weighted by Gasteiger charge is -2.24. The van der Waals surface area contributed by atoms with Crippen LogP contribution in [-0.4, -0.2) is 27.7 Å². The highest BCUT2D eigenvalue weighted by Crippen LogP contribution is 2.45. The lowest BCUT2D eigenvalue weighted by atomic mass is 9.96. The molecule has 1 atom stereocenters. The van der Waals surface area contributed by atoms with Crippen LogP contribution in [0.1, 0.15) is 35.3 Å². The van der Waals surface area contributed by atoms with Crippen molar-refractivity contribution in [3.63, 3.8) is 0 Å². The number of fused-ring (bicyclic) bond motifs is 3. The van der Waals surface area contributed by atoms with Gasteiger partial charge in [0.25, 0.3) is 0 Å². The fraction of sp³-hybridized carbons (Fsp3) is 0.250. The predicted octanol–water partition coefficient (Wildman–Crippen LogP) is 3.08. The van der Waals surface area contributed by atoms with Crippen molar-refractivity contribution in [2.75, 3.05) is 0 Å². The summed E-state index contributed by atoms with van der Waals surface area (Å²) in [5.41, 5.74) is 1.09. The van der Waals surface area contributed by atoms with Gasteiger partial charge in [0, 0.05) is 12.0 Å². The maximum atomic E-state index is 12.6. The number of phenolic OH excluding ortho intramolecular Hbond substituents is 1. The van der Waals surface area contributed by atoms with Crippen LogP contribution in [0.2, 0.25) is 0 Å². The molecule has 2 aromatic carbocycles. The molecule has 0 spiro atoms. The number of ketones is 1. The van der Waals surface area contributed by atoms with E-state index in [4.69, 9.17) is 9.47 Å². The van der Waals surface area contributed by atoms with Gasteiger partial charge in [-0.15, -0.1) is 0 Å². The van der Waals surface area contributed by atoms with Gasteiger partial charge in [-0.05, 0) is 49.8 Å². The van der Waals surface area contributed by atoms with E-state index >= 15 is 0 Å². The summed E-state index contributed by atoms with van der Waals surface area (Å²) in [5, 5.41) is 19.5. The van der Waals surface area contributed by atoms with Gasteiger partial charge in [-0.1, -0.05) is 12.1 Å². The molecule has 0 bridgehead atoms. The van der Waals surface area contributed by atoms with Gasteiger partial charge in [-0.2, -0.15) is 0 Å². The molecular weight excluding hydrogens is 320 g/mol. The minimum Gasteiger partial charge on any atom is -0.508 e. The number of carbonyl (C=O) groups excluding carboxylic acids is 1. The number of benzene rings is 2. The van der Waals surface area contributed by atoms with Gasteiger partial charge in [0.15, 0.2) is 5.76 Å². The zero-order valence-corrected chi connectivity index (χ0v) is 13.9. The lowest BCUT2D eigenvalue weighted by Crippen LogP contribution is -2.39. The molecule has 5 nitrogen and oxygen atoms in total. The molecule has 0 amide bonds. The summed E-state index contributed by atoms with van der Waals surface area (Å²) in [4.78, 5) is 12.6. The molecule has 0 unspecified atom stereocenters. The summed E-state index contributed by atoms with van der Waals surface area (Å²) in [6, 6.07) is 9.97. The van der Waals surface area contributed by atoms with Gasteiger partial charge < -0.3 is 19.7 Å². The maximum absolute atomic E-state index is 12.6. The molecule has 2 heterocycles. The maximum Gasteiger partial charge on any atom is 0.231 e. The highest BCUT2D eigenvalue weighted by molar-refractivity contribution is 6.15. The molecule has 5 heteroatoms. The third-order valence-electron chi connectivity index (χ3n) is 4.54. The van der Waals surface area contributed by atoms with E-state index in [9.17, 15) is 15.0 Å². The van der Waals surface area contributed by atoms with Gasteiger partial charge in [0.2, 0.25) is 5.78 Å². The topological polar surface area (TPSA) is 76.0 Å². The second-order valence-electron chi connectivity index (χ2n) is 6.91. The number of carbonyl (C=O) groups is 1. The molecule has 0 fully saturated rings. The summed E-state index contributed by atoms with van der Waals surface area (Å²) in [6.45, 7) is 3.40. The zero-order chi connectivity index (χ0) is 17.8. The molecule has 2 aromatic rings. The van der Waals surface area contributed by atoms with Crippen LogP contribution in [0.15, 0.2) is 42.2 Å². The van der Waals surface area contributed by atoms with Crippen LogP contribution in [0.4, 0.5) is 0 Å². The van der Waals surface area contributed by atoms with E-state index in [2.05, 4.69) is 0 Å². The summed E-state index contributed by atoms with van der Waals surface area (Å²) in [7, 11) is 0. The number of hydrogen-bond acceptors (Lipinski definition) is 5. The van der Waals surface area contributed by atoms with Crippen molar-refractivity contribution < 1.29 is 24.5 Å². The molecule has 2 aliphatic rings. The van der Waals surface area contributed by atoms with E-state index < -0.39 is 5.60 Å². The molecule has 4 rings (SSSR count). The Morgan fingerprint density at radius 3 is 2.56 bits per heavy atom. The van der Waals surface area contributed by atoms with E-state index in [0.717, 1.165) is 11.1 Å². The quantitative estimate of drug-likeness (QED) is 0.823. The van der Waals surface area contributed by atoms with Gasteiger partial charge in [0.1, 0.15) is 23.4 Å². The average molecular weight is 338 g/mol. The van der Waals surface area contributed by atoms with E-state index in [0.29, 0.717) is 23.5 Å². The van der Waals surface area contributed by atoms with Crippen molar-refractivity contribution in [2.45, 2.75) is 32.0 Å². The van der Waals surface area contributed by atoms with Crippen LogP contribution in [0, 0.1) is 0 Å². The van der Waals surface area contributed by atoms with Crippen molar-refractivity contribution >= 4 is 11.9 Å². The summed E-state index contributed by atoms with van der Waals surface area (Å²) < 4.78 is 11.7. The van der Waals surface area contributed by atoms with Gasteiger partial charge >= 0.3 is 0 Å². The number of phenols is 1. The van der Waals surface area contributed by atoms with Crippen LogP contribution in [0.3, 0.4) is 0 Å². The standard InChI is InChI=1S/C20H18O5/c1-20(2,23)17-10-14-15(24-17)8-7-13-18(22)16(25-19(13)14)9-11-3-5-12(21)6-4-11/h3-9,17,21,23H,10H2,1-2H3/b16-9-/t17-/m1/s1. The van der Waals surface area contributed by atoms with E-state index in [1.54, 1.807) is 56.3 Å². The Hall–Kier alpha value is -2.79. The Morgan fingerprint density at radius 2 is 1.88 bits per heavy atom. The van der Waals surface area contributed by atoms with Gasteiger partial charge in [-0.25, -0.2) is 0 Å². The van der Waals surface area contributed by atoms with Crippen molar-refractivity contribution in [3.8, 4) is 17.2 Å². The Kier molecular flexibility index (Phi) is 3.37. The SMILES string of the molecule is CC(C)(O)[C@H]1Cc2c(ccc3c2O/C(=C\c2ccc(O)cc2)C3=O)O1. The Balaban J connectivity index is 1.68. The largest absolute Gasteiger partial charge is 0.508 e. The molecule has 0 saturated heterocycles. The van der Waals surface area contributed by atoms with Crippen LogP contribution in [0.5, 0.6) is 17.2 Å². The van der Waals surface area contributed by atoms with Crippen molar-refractivity contribution in [1.82, 2.24) is 0 Å². The fourth-order valence-electron chi connectivity index (χ4n) is 3.09. The third kappa shape index (κ3) is 2.66. The Morgan fingerprint density at radius 1 is 1.16 bits per heavy atom. The third-order valence-corrected chi connectivity index (χ3v) is 4.54. The first-order valence-electron chi connectivity index (χ1n) is 8.11. The summed E-state index contributed by atoms with van der Waals surface area (Å²) in [5.74, 6) is 1.37. The average Bonchev–Trinajstić information content (AvgIpc) is 3.12. The molecule has 128 valence electrons. The van der Waals surface area contributed by atoms with Crippen molar-refractivity contribution in [3.05, 3.63) is 58.8 Å². The molecular formula is C20H18O5. The number of aliphatic hydroxyl groups is 1. The van der Waals surface area contributed by atoms with E-state index in [1.165, 1.54) is 0 Å². The number of Topliss-reactive ketones (excluding diaryl/α,β-unsaturated/α-hetero) is 1.